The molecule has 4 nitrogen and oxygen atoms in total. The maximum atomic E-state index is 13.0. The Morgan fingerprint density at radius 1 is 1.44 bits per heavy atom. The predicted octanol–water partition coefficient (Wildman–Crippen LogP) is 1.65. The molecule has 1 aromatic carbocycles. The summed E-state index contributed by atoms with van der Waals surface area (Å²) >= 11 is 0. The smallest absolute Gasteiger partial charge is 0.321 e. The fourth-order valence-corrected chi connectivity index (χ4v) is 2.77. The number of hydrogen-bond acceptors (Lipinski definition) is 2. The van der Waals surface area contributed by atoms with Crippen molar-refractivity contribution in [2.45, 2.75) is 12.5 Å². The van der Waals surface area contributed by atoms with E-state index < -0.39 is 0 Å². The number of nitrogens with one attached hydrogen (secondary N) is 2. The lowest BCUT2D eigenvalue weighted by Gasteiger charge is -2.31. The lowest BCUT2D eigenvalue weighted by molar-refractivity contribution is 0.186. The summed E-state index contributed by atoms with van der Waals surface area (Å²) in [5.41, 5.74) is 0.505. The van der Waals surface area contributed by atoms with Gasteiger partial charge in [0.25, 0.3) is 0 Å². The van der Waals surface area contributed by atoms with Crippen LogP contribution in [0.2, 0.25) is 0 Å². The highest BCUT2D eigenvalue weighted by Gasteiger charge is 2.34. The highest BCUT2D eigenvalue weighted by Crippen LogP contribution is 2.22. The number of anilines is 1. The van der Waals surface area contributed by atoms with Gasteiger partial charge < -0.3 is 15.5 Å². The van der Waals surface area contributed by atoms with Crippen molar-refractivity contribution in [1.82, 2.24) is 10.2 Å². The molecular formula is C13H16FN3O. The fraction of sp³-hybridized carbons (Fsp3) is 0.462. The Balaban J connectivity index is 1.65. The third kappa shape index (κ3) is 2.31. The van der Waals surface area contributed by atoms with Gasteiger partial charge in [0.05, 0.1) is 0 Å². The second-order valence-corrected chi connectivity index (χ2v) is 5.05. The molecule has 0 aromatic heterocycles. The zero-order valence-electron chi connectivity index (χ0n) is 10.0. The van der Waals surface area contributed by atoms with Gasteiger partial charge in [0.2, 0.25) is 0 Å². The molecule has 2 saturated heterocycles. The van der Waals surface area contributed by atoms with Crippen LogP contribution in [0.1, 0.15) is 6.42 Å². The van der Waals surface area contributed by atoms with Gasteiger partial charge in [-0.3, -0.25) is 0 Å². The molecule has 96 valence electrons. The number of fused-ring (bicyclic) bond motifs is 2. The van der Waals surface area contributed by atoms with Crippen molar-refractivity contribution in [1.29, 1.82) is 0 Å². The Morgan fingerprint density at radius 2 is 2.33 bits per heavy atom. The van der Waals surface area contributed by atoms with Gasteiger partial charge in [0.1, 0.15) is 5.82 Å². The zero-order chi connectivity index (χ0) is 12.5. The quantitative estimate of drug-likeness (QED) is 0.795. The standard InChI is InChI=1S/C13H16FN3O/c14-10-2-1-3-11(5-10)16-13(18)17-7-9-4-12(8-17)15-6-9/h1-3,5,9,12,15H,4,6-8H2,(H,16,18)/t9-,12+/m1/s1. The molecule has 0 radical (unpaired) electrons. The normalized spacial score (nSPS) is 26.2. The average molecular weight is 249 g/mol. The predicted molar refractivity (Wildman–Crippen MR) is 66.9 cm³/mol. The van der Waals surface area contributed by atoms with Crippen molar-refractivity contribution >= 4 is 11.7 Å². The van der Waals surface area contributed by atoms with Crippen molar-refractivity contribution in [3.8, 4) is 0 Å². The van der Waals surface area contributed by atoms with Gasteiger partial charge in [-0.05, 0) is 30.5 Å². The summed E-state index contributed by atoms with van der Waals surface area (Å²) in [6, 6.07) is 6.25. The number of carbonyl (C=O) groups is 1. The SMILES string of the molecule is O=C(Nc1cccc(F)c1)N1C[C@H]2CN[C@@H](C2)C1. The summed E-state index contributed by atoms with van der Waals surface area (Å²) < 4.78 is 13.0. The van der Waals surface area contributed by atoms with E-state index >= 15 is 0 Å². The van der Waals surface area contributed by atoms with Crippen LogP contribution in [0.25, 0.3) is 0 Å². The highest BCUT2D eigenvalue weighted by molar-refractivity contribution is 5.89. The van der Waals surface area contributed by atoms with E-state index in [4.69, 9.17) is 0 Å². The van der Waals surface area contributed by atoms with Gasteiger partial charge in [0, 0.05) is 31.4 Å². The second-order valence-electron chi connectivity index (χ2n) is 5.05. The molecule has 2 bridgehead atoms. The first kappa shape index (κ1) is 11.5. The Bertz CT molecular complexity index is 453. The van der Waals surface area contributed by atoms with E-state index in [-0.39, 0.29) is 11.8 Å². The highest BCUT2D eigenvalue weighted by atomic mass is 19.1. The van der Waals surface area contributed by atoms with E-state index in [0.717, 1.165) is 26.1 Å². The van der Waals surface area contributed by atoms with Crippen LogP contribution in [0.15, 0.2) is 24.3 Å². The summed E-state index contributed by atoms with van der Waals surface area (Å²) in [5, 5.41) is 6.14. The number of likely N-dealkylation sites (tertiary alicyclic amines) is 1. The van der Waals surface area contributed by atoms with Crippen LogP contribution in [0.3, 0.4) is 0 Å². The van der Waals surface area contributed by atoms with Gasteiger partial charge in [0.15, 0.2) is 0 Å². The molecule has 18 heavy (non-hydrogen) atoms. The van der Waals surface area contributed by atoms with Crippen molar-refractivity contribution in [3.05, 3.63) is 30.1 Å². The molecule has 2 N–H and O–H groups in total. The van der Waals surface area contributed by atoms with Gasteiger partial charge in [-0.2, -0.15) is 0 Å². The number of benzene rings is 1. The number of nitrogens with zero attached hydrogens (tertiary/aromatic N) is 1. The Labute approximate surface area is 105 Å². The monoisotopic (exact) mass is 249 g/mol. The zero-order valence-corrected chi connectivity index (χ0v) is 10.0. The minimum Gasteiger partial charge on any atom is -0.323 e. The van der Waals surface area contributed by atoms with Crippen molar-refractivity contribution < 1.29 is 9.18 Å². The van der Waals surface area contributed by atoms with Crippen LogP contribution >= 0.6 is 0 Å². The molecule has 1 aromatic rings. The summed E-state index contributed by atoms with van der Waals surface area (Å²) in [5.74, 6) is 0.218. The lowest BCUT2D eigenvalue weighted by atomic mass is 10.0. The topological polar surface area (TPSA) is 44.4 Å². The average Bonchev–Trinajstić information content (AvgIpc) is 2.68. The number of urea groups is 1. The first-order valence-corrected chi connectivity index (χ1v) is 6.25. The fourth-order valence-electron chi connectivity index (χ4n) is 2.77. The number of rotatable bonds is 1. The minimum atomic E-state index is -0.340. The summed E-state index contributed by atoms with van der Waals surface area (Å²) in [4.78, 5) is 13.9. The van der Waals surface area contributed by atoms with Crippen LogP contribution in [-0.2, 0) is 0 Å². The maximum absolute atomic E-state index is 13.0. The van der Waals surface area contributed by atoms with Crippen LogP contribution < -0.4 is 10.6 Å². The summed E-state index contributed by atoms with van der Waals surface area (Å²) in [6.45, 7) is 2.51. The molecule has 2 atom stereocenters. The summed E-state index contributed by atoms with van der Waals surface area (Å²) in [7, 11) is 0. The van der Waals surface area contributed by atoms with Gasteiger partial charge in [-0.15, -0.1) is 0 Å². The molecule has 2 aliphatic rings. The van der Waals surface area contributed by atoms with E-state index in [0.29, 0.717) is 17.6 Å². The van der Waals surface area contributed by atoms with E-state index in [1.807, 2.05) is 4.90 Å². The first-order valence-electron chi connectivity index (χ1n) is 6.25. The van der Waals surface area contributed by atoms with Crippen LogP contribution in [0.5, 0.6) is 0 Å². The van der Waals surface area contributed by atoms with E-state index in [2.05, 4.69) is 10.6 Å². The van der Waals surface area contributed by atoms with Gasteiger partial charge >= 0.3 is 6.03 Å². The van der Waals surface area contributed by atoms with Gasteiger partial charge in [-0.25, -0.2) is 9.18 Å². The maximum Gasteiger partial charge on any atom is 0.321 e. The minimum absolute atomic E-state index is 0.140. The number of hydrogen-bond donors (Lipinski definition) is 2. The molecule has 0 spiro atoms. The number of amides is 2. The van der Waals surface area contributed by atoms with Gasteiger partial charge in [-0.1, -0.05) is 6.07 Å². The van der Waals surface area contributed by atoms with Crippen molar-refractivity contribution in [2.24, 2.45) is 5.92 Å². The lowest BCUT2D eigenvalue weighted by Crippen LogP contribution is -2.46. The Kier molecular flexibility index (Phi) is 2.91. The van der Waals surface area contributed by atoms with E-state index in [1.165, 1.54) is 12.1 Å². The van der Waals surface area contributed by atoms with Crippen LogP contribution in [0.4, 0.5) is 14.9 Å². The molecule has 2 amide bonds. The molecule has 0 saturated carbocycles. The van der Waals surface area contributed by atoms with Crippen LogP contribution in [-0.4, -0.2) is 36.6 Å². The number of carbonyl (C=O) groups excluding carboxylic acids is 1. The first-order chi connectivity index (χ1) is 8.70. The largest absolute Gasteiger partial charge is 0.323 e. The van der Waals surface area contributed by atoms with Crippen molar-refractivity contribution in [3.63, 3.8) is 0 Å². The molecule has 2 heterocycles. The third-order valence-corrected chi connectivity index (χ3v) is 3.60. The Hall–Kier alpha value is -1.62. The number of piperidine rings is 1. The Morgan fingerprint density at radius 3 is 3.11 bits per heavy atom. The van der Waals surface area contributed by atoms with Crippen molar-refractivity contribution in [2.75, 3.05) is 25.0 Å². The third-order valence-electron chi connectivity index (χ3n) is 3.60. The molecule has 3 rings (SSSR count). The molecule has 2 fully saturated rings. The molecular weight excluding hydrogens is 233 g/mol. The summed E-state index contributed by atoms with van der Waals surface area (Å²) in [6.07, 6.45) is 1.16. The van der Waals surface area contributed by atoms with E-state index in [9.17, 15) is 9.18 Å². The van der Waals surface area contributed by atoms with Crippen LogP contribution in [0, 0.1) is 11.7 Å². The second kappa shape index (κ2) is 4.57. The molecule has 5 heteroatoms. The number of halogens is 1. The van der Waals surface area contributed by atoms with E-state index in [1.54, 1.807) is 12.1 Å². The molecule has 0 unspecified atom stereocenters. The molecule has 2 aliphatic heterocycles. The molecule has 0 aliphatic carbocycles.